The monoisotopic (exact) mass is 271 g/mol. The molecule has 108 valence electrons. The van der Waals surface area contributed by atoms with Gasteiger partial charge in [0, 0.05) is 20.6 Å². The third-order valence-electron chi connectivity index (χ3n) is 2.67. The van der Waals surface area contributed by atoms with Crippen molar-refractivity contribution in [1.29, 1.82) is 0 Å². The number of carbonyl (C=O) groups is 1. The molecule has 1 amide bonds. The van der Waals surface area contributed by atoms with Gasteiger partial charge in [0.25, 0.3) is 5.91 Å². The zero-order chi connectivity index (χ0) is 14.4. The number of likely N-dealkylation sites (N-methyl/N-ethyl adjacent to an activating group) is 1. The molecule has 0 aliphatic heterocycles. The van der Waals surface area contributed by atoms with Gasteiger partial charge in [-0.15, -0.1) is 0 Å². The van der Waals surface area contributed by atoms with Crippen LogP contribution in [0.3, 0.4) is 0 Å². The van der Waals surface area contributed by atoms with Crippen LogP contribution < -0.4 is 0 Å². The third kappa shape index (κ3) is 4.60. The van der Waals surface area contributed by atoms with Crippen molar-refractivity contribution >= 4 is 5.91 Å². The predicted octanol–water partition coefficient (Wildman–Crippen LogP) is 0.234. The van der Waals surface area contributed by atoms with Gasteiger partial charge in [0.15, 0.2) is 5.82 Å². The van der Waals surface area contributed by atoms with Crippen molar-refractivity contribution in [3.05, 3.63) is 11.7 Å². The lowest BCUT2D eigenvalue weighted by molar-refractivity contribution is -0.141. The minimum Gasteiger partial charge on any atom is -0.384 e. The molecule has 0 bridgehead atoms. The number of nitrogens with zero attached hydrogens (tertiary/aromatic N) is 3. The molecule has 0 fully saturated rings. The number of aromatic nitrogens is 2. The molecule has 1 unspecified atom stereocenters. The summed E-state index contributed by atoms with van der Waals surface area (Å²) in [4.78, 5) is 17.3. The van der Waals surface area contributed by atoms with Gasteiger partial charge in [-0.2, -0.15) is 4.98 Å². The van der Waals surface area contributed by atoms with Crippen LogP contribution in [0.4, 0.5) is 0 Å². The van der Waals surface area contributed by atoms with Gasteiger partial charge in [-0.3, -0.25) is 4.79 Å². The van der Waals surface area contributed by atoms with Gasteiger partial charge in [0.05, 0.1) is 13.2 Å². The van der Waals surface area contributed by atoms with Crippen LogP contribution in [0.25, 0.3) is 0 Å². The second-order valence-electron chi connectivity index (χ2n) is 4.73. The largest absolute Gasteiger partial charge is 0.384 e. The molecule has 0 aliphatic rings. The minimum atomic E-state index is -1.01. The molecule has 1 N–H and O–H groups in total. The molecule has 0 radical (unpaired) electrons. The van der Waals surface area contributed by atoms with Gasteiger partial charge in [-0.05, 0) is 5.92 Å². The van der Waals surface area contributed by atoms with E-state index in [9.17, 15) is 9.90 Å². The molecule has 7 heteroatoms. The molecule has 0 saturated carbocycles. The first-order valence-electron chi connectivity index (χ1n) is 6.19. The van der Waals surface area contributed by atoms with Gasteiger partial charge >= 0.3 is 0 Å². The zero-order valence-corrected chi connectivity index (χ0v) is 11.8. The summed E-state index contributed by atoms with van der Waals surface area (Å²) in [5.41, 5.74) is 0. The van der Waals surface area contributed by atoms with Crippen molar-refractivity contribution in [1.82, 2.24) is 15.0 Å². The smallest absolute Gasteiger partial charge is 0.251 e. The molecule has 0 saturated heterocycles. The van der Waals surface area contributed by atoms with Crippen LogP contribution in [0, 0.1) is 5.92 Å². The lowest BCUT2D eigenvalue weighted by atomic mass is 10.1. The number of hydrogen-bond donors (Lipinski definition) is 1. The number of amides is 1. The van der Waals surface area contributed by atoms with E-state index >= 15 is 0 Å². The maximum atomic E-state index is 11.8. The number of methoxy groups -OCH3 is 1. The summed E-state index contributed by atoms with van der Waals surface area (Å²) in [5.74, 6) is 0.404. The standard InChI is InChI=1S/C12H21N3O4/c1-8(2)11(16)12(17)15(3)7-10-13-9(14-19-10)5-6-18-4/h8,11,16H,5-7H2,1-4H3. The highest BCUT2D eigenvalue weighted by molar-refractivity contribution is 5.80. The van der Waals surface area contributed by atoms with Crippen LogP contribution in [0.2, 0.25) is 0 Å². The van der Waals surface area contributed by atoms with Gasteiger partial charge in [-0.1, -0.05) is 19.0 Å². The van der Waals surface area contributed by atoms with E-state index in [-0.39, 0.29) is 18.4 Å². The third-order valence-corrected chi connectivity index (χ3v) is 2.67. The minimum absolute atomic E-state index is 0.130. The highest BCUT2D eigenvalue weighted by Gasteiger charge is 2.23. The van der Waals surface area contributed by atoms with E-state index < -0.39 is 6.10 Å². The summed E-state index contributed by atoms with van der Waals surface area (Å²) < 4.78 is 9.94. The molecule has 1 aromatic heterocycles. The Labute approximate surface area is 112 Å². The number of hydrogen-bond acceptors (Lipinski definition) is 6. The topological polar surface area (TPSA) is 88.7 Å². The van der Waals surface area contributed by atoms with E-state index in [4.69, 9.17) is 9.26 Å². The van der Waals surface area contributed by atoms with E-state index in [1.54, 1.807) is 28.0 Å². The normalized spacial score (nSPS) is 12.7. The predicted molar refractivity (Wildman–Crippen MR) is 67.2 cm³/mol. The van der Waals surface area contributed by atoms with Gasteiger partial charge in [0.1, 0.15) is 6.10 Å². The van der Waals surface area contributed by atoms with Crippen molar-refractivity contribution in [2.75, 3.05) is 20.8 Å². The highest BCUT2D eigenvalue weighted by atomic mass is 16.5. The van der Waals surface area contributed by atoms with Crippen molar-refractivity contribution in [3.8, 4) is 0 Å². The second kappa shape index (κ2) is 7.20. The van der Waals surface area contributed by atoms with E-state index in [0.29, 0.717) is 24.7 Å². The number of aliphatic hydroxyl groups is 1. The summed E-state index contributed by atoms with van der Waals surface area (Å²) in [6.45, 7) is 4.26. The molecular weight excluding hydrogens is 250 g/mol. The average molecular weight is 271 g/mol. The van der Waals surface area contributed by atoms with Crippen molar-refractivity contribution in [3.63, 3.8) is 0 Å². The number of aliphatic hydroxyl groups excluding tert-OH is 1. The Hall–Kier alpha value is -1.47. The Kier molecular flexibility index (Phi) is 5.91. The number of ether oxygens (including phenoxy) is 1. The molecule has 7 nitrogen and oxygen atoms in total. The Morgan fingerprint density at radius 1 is 1.53 bits per heavy atom. The number of rotatable bonds is 7. The molecule has 0 spiro atoms. The molecule has 19 heavy (non-hydrogen) atoms. The fraction of sp³-hybridized carbons (Fsp3) is 0.750. The van der Waals surface area contributed by atoms with Crippen LogP contribution in [0.5, 0.6) is 0 Å². The Morgan fingerprint density at radius 3 is 2.79 bits per heavy atom. The number of carbonyl (C=O) groups excluding carboxylic acids is 1. The van der Waals surface area contributed by atoms with Gasteiger partial charge in [0.2, 0.25) is 5.89 Å². The molecule has 0 aromatic carbocycles. The van der Waals surface area contributed by atoms with Crippen molar-refractivity contribution in [2.45, 2.75) is 32.9 Å². The van der Waals surface area contributed by atoms with E-state index in [2.05, 4.69) is 10.1 Å². The summed E-state index contributed by atoms with van der Waals surface area (Å²) in [6.07, 6.45) is -0.451. The van der Waals surface area contributed by atoms with Crippen LogP contribution in [0.1, 0.15) is 25.6 Å². The lowest BCUT2D eigenvalue weighted by Crippen LogP contribution is -2.38. The van der Waals surface area contributed by atoms with Crippen LogP contribution in [-0.4, -0.2) is 52.9 Å². The van der Waals surface area contributed by atoms with Crippen molar-refractivity contribution < 1.29 is 19.2 Å². The maximum absolute atomic E-state index is 11.8. The molecule has 1 heterocycles. The molecule has 1 aromatic rings. The Morgan fingerprint density at radius 2 is 2.21 bits per heavy atom. The highest BCUT2D eigenvalue weighted by Crippen LogP contribution is 2.08. The van der Waals surface area contributed by atoms with E-state index in [1.165, 1.54) is 4.90 Å². The van der Waals surface area contributed by atoms with Crippen LogP contribution in [0.15, 0.2) is 4.52 Å². The molecule has 1 atom stereocenters. The van der Waals surface area contributed by atoms with Gasteiger partial charge < -0.3 is 19.3 Å². The first-order chi connectivity index (χ1) is 8.95. The fourth-order valence-corrected chi connectivity index (χ4v) is 1.44. The van der Waals surface area contributed by atoms with Crippen LogP contribution >= 0.6 is 0 Å². The summed E-state index contributed by atoms with van der Waals surface area (Å²) in [7, 11) is 3.19. The molecule has 1 rings (SSSR count). The van der Waals surface area contributed by atoms with E-state index in [0.717, 1.165) is 0 Å². The SMILES string of the molecule is COCCc1noc(CN(C)C(=O)C(O)C(C)C)n1. The first-order valence-corrected chi connectivity index (χ1v) is 6.19. The van der Waals surface area contributed by atoms with Gasteiger partial charge in [-0.25, -0.2) is 0 Å². The molecular formula is C12H21N3O4. The van der Waals surface area contributed by atoms with Crippen molar-refractivity contribution in [2.24, 2.45) is 5.92 Å². The maximum Gasteiger partial charge on any atom is 0.251 e. The Balaban J connectivity index is 2.54. The zero-order valence-electron chi connectivity index (χ0n) is 11.8. The molecule has 0 aliphatic carbocycles. The summed E-state index contributed by atoms with van der Waals surface area (Å²) in [5, 5.41) is 13.5. The Bertz CT molecular complexity index is 405. The average Bonchev–Trinajstić information content (AvgIpc) is 2.81. The fourth-order valence-electron chi connectivity index (χ4n) is 1.44. The summed E-state index contributed by atoms with van der Waals surface area (Å²) in [6, 6.07) is 0. The second-order valence-corrected chi connectivity index (χ2v) is 4.73. The van der Waals surface area contributed by atoms with E-state index in [1.807, 2.05) is 0 Å². The first kappa shape index (κ1) is 15.6. The summed E-state index contributed by atoms with van der Waals surface area (Å²) >= 11 is 0. The quantitative estimate of drug-likeness (QED) is 0.764. The van der Waals surface area contributed by atoms with Crippen LogP contribution in [-0.2, 0) is 22.5 Å². The lowest BCUT2D eigenvalue weighted by Gasteiger charge is -2.20.